The molecular formula is C21H26N4O3S2. The number of amides is 1. The van der Waals surface area contributed by atoms with Gasteiger partial charge < -0.3 is 9.47 Å². The summed E-state index contributed by atoms with van der Waals surface area (Å²) >= 11 is 2.97. The van der Waals surface area contributed by atoms with Crippen LogP contribution in [0.1, 0.15) is 27.3 Å². The van der Waals surface area contributed by atoms with Gasteiger partial charge in [-0.15, -0.1) is 11.3 Å². The third-order valence-corrected chi connectivity index (χ3v) is 7.08. The van der Waals surface area contributed by atoms with E-state index in [1.54, 1.807) is 4.90 Å². The van der Waals surface area contributed by atoms with Crippen LogP contribution in [0, 0.1) is 13.8 Å². The summed E-state index contributed by atoms with van der Waals surface area (Å²) in [5.41, 5.74) is 1.65. The number of aryl methyl sites for hydroxylation is 2. The molecule has 3 aromatic rings. The molecule has 0 saturated carbocycles. The average molecular weight is 447 g/mol. The number of benzene rings is 1. The lowest BCUT2D eigenvalue weighted by atomic mass is 10.3. The Balaban J connectivity index is 1.64. The fourth-order valence-electron chi connectivity index (χ4n) is 3.47. The van der Waals surface area contributed by atoms with E-state index in [-0.39, 0.29) is 5.91 Å². The van der Waals surface area contributed by atoms with Crippen LogP contribution in [-0.4, -0.2) is 66.8 Å². The second kappa shape index (κ2) is 9.38. The molecule has 7 nitrogen and oxygen atoms in total. The van der Waals surface area contributed by atoms with Crippen molar-refractivity contribution >= 4 is 43.9 Å². The molecule has 2 aromatic heterocycles. The lowest BCUT2D eigenvalue weighted by Gasteiger charge is -2.29. The minimum Gasteiger partial charge on any atom is -0.494 e. The maximum Gasteiger partial charge on any atom is 0.272 e. The zero-order valence-electron chi connectivity index (χ0n) is 17.5. The zero-order chi connectivity index (χ0) is 21.1. The number of fused-ring (bicyclic) bond motifs is 1. The molecule has 1 aromatic carbocycles. The van der Waals surface area contributed by atoms with Crippen LogP contribution < -0.4 is 9.64 Å². The first-order chi connectivity index (χ1) is 14.5. The van der Waals surface area contributed by atoms with Crippen molar-refractivity contribution in [2.45, 2.75) is 20.8 Å². The molecule has 0 spiro atoms. The van der Waals surface area contributed by atoms with E-state index in [1.807, 2.05) is 39.0 Å². The van der Waals surface area contributed by atoms with Gasteiger partial charge in [0.2, 0.25) is 0 Å². The van der Waals surface area contributed by atoms with E-state index in [0.29, 0.717) is 23.2 Å². The maximum atomic E-state index is 13.5. The number of thiazole rings is 2. The maximum absolute atomic E-state index is 13.5. The normalized spacial score (nSPS) is 14.9. The van der Waals surface area contributed by atoms with Gasteiger partial charge in [0.1, 0.15) is 10.6 Å². The topological polar surface area (TPSA) is 67.8 Å². The first kappa shape index (κ1) is 21.2. The molecule has 0 unspecified atom stereocenters. The van der Waals surface area contributed by atoms with Crippen molar-refractivity contribution in [3.63, 3.8) is 0 Å². The molecule has 0 N–H and O–H groups in total. The van der Waals surface area contributed by atoms with Crippen molar-refractivity contribution in [1.29, 1.82) is 0 Å². The van der Waals surface area contributed by atoms with Crippen LogP contribution >= 0.6 is 22.7 Å². The molecule has 1 aliphatic heterocycles. The Labute approximate surface area is 184 Å². The number of nitrogens with zero attached hydrogens (tertiary/aromatic N) is 4. The van der Waals surface area contributed by atoms with E-state index in [9.17, 15) is 4.79 Å². The van der Waals surface area contributed by atoms with Gasteiger partial charge >= 0.3 is 0 Å². The van der Waals surface area contributed by atoms with Gasteiger partial charge in [-0.05, 0) is 39.0 Å². The van der Waals surface area contributed by atoms with Gasteiger partial charge in [-0.1, -0.05) is 11.3 Å². The molecule has 1 amide bonds. The van der Waals surface area contributed by atoms with Crippen molar-refractivity contribution in [3.05, 3.63) is 33.8 Å². The van der Waals surface area contributed by atoms with Crippen molar-refractivity contribution in [2.24, 2.45) is 0 Å². The van der Waals surface area contributed by atoms with Crippen LogP contribution in [0.5, 0.6) is 5.75 Å². The Hall–Kier alpha value is -2.07. The first-order valence-electron chi connectivity index (χ1n) is 10.1. The van der Waals surface area contributed by atoms with E-state index < -0.39 is 0 Å². The fourth-order valence-corrected chi connectivity index (χ4v) is 5.35. The Bertz CT molecular complexity index is 1030. The molecular weight excluding hydrogens is 420 g/mol. The van der Waals surface area contributed by atoms with Gasteiger partial charge in [0.25, 0.3) is 5.91 Å². The van der Waals surface area contributed by atoms with Crippen LogP contribution in [0.3, 0.4) is 0 Å². The molecule has 9 heteroatoms. The molecule has 0 bridgehead atoms. The first-order valence-corrected chi connectivity index (χ1v) is 11.8. The molecule has 1 saturated heterocycles. The van der Waals surface area contributed by atoms with Gasteiger partial charge in [-0.25, -0.2) is 9.97 Å². The van der Waals surface area contributed by atoms with E-state index in [0.717, 1.165) is 59.5 Å². The highest BCUT2D eigenvalue weighted by molar-refractivity contribution is 7.22. The number of hydrogen-bond donors (Lipinski definition) is 0. The van der Waals surface area contributed by atoms with E-state index in [4.69, 9.17) is 14.5 Å². The SMILES string of the molecule is CCOc1ccc2nc(N(CCN3CCOCC3)C(=O)c3sc(C)nc3C)sc2c1. The number of morpholine rings is 1. The number of aromatic nitrogens is 2. The third-order valence-electron chi connectivity index (χ3n) is 4.98. The fraction of sp³-hybridized carbons (Fsp3) is 0.476. The second-order valence-electron chi connectivity index (χ2n) is 7.12. The average Bonchev–Trinajstić information content (AvgIpc) is 3.31. The third kappa shape index (κ3) is 4.64. The van der Waals surface area contributed by atoms with E-state index in [1.165, 1.54) is 22.7 Å². The van der Waals surface area contributed by atoms with Crippen LogP contribution in [0.2, 0.25) is 0 Å². The molecule has 0 aliphatic carbocycles. The summed E-state index contributed by atoms with van der Waals surface area (Å²) in [4.78, 5) is 27.5. The quantitative estimate of drug-likeness (QED) is 0.551. The van der Waals surface area contributed by atoms with Gasteiger partial charge in [0.05, 0.1) is 40.7 Å². The number of anilines is 1. The standard InChI is InChI=1S/C21H26N4O3S2/c1-4-28-16-5-6-17-18(13-16)30-21(23-17)25(8-7-24-9-11-27-12-10-24)20(26)19-14(2)22-15(3)29-19/h5-6,13H,4,7-12H2,1-3H3. The summed E-state index contributed by atoms with van der Waals surface area (Å²) in [6, 6.07) is 5.87. The number of hydrogen-bond acceptors (Lipinski definition) is 8. The Morgan fingerprint density at radius 2 is 2.03 bits per heavy atom. The molecule has 30 heavy (non-hydrogen) atoms. The van der Waals surface area contributed by atoms with Crippen LogP contribution in [0.4, 0.5) is 5.13 Å². The van der Waals surface area contributed by atoms with Crippen molar-refractivity contribution in [3.8, 4) is 5.75 Å². The van der Waals surface area contributed by atoms with Crippen molar-refractivity contribution < 1.29 is 14.3 Å². The molecule has 3 heterocycles. The summed E-state index contributed by atoms with van der Waals surface area (Å²) in [5.74, 6) is 0.788. The van der Waals surface area contributed by atoms with E-state index in [2.05, 4.69) is 9.88 Å². The highest BCUT2D eigenvalue weighted by Gasteiger charge is 2.26. The van der Waals surface area contributed by atoms with Gasteiger partial charge in [0, 0.05) is 26.2 Å². The van der Waals surface area contributed by atoms with Crippen molar-refractivity contribution in [2.75, 3.05) is 50.9 Å². The smallest absolute Gasteiger partial charge is 0.272 e. The summed E-state index contributed by atoms with van der Waals surface area (Å²) < 4.78 is 12.1. The summed E-state index contributed by atoms with van der Waals surface area (Å²) in [7, 11) is 0. The predicted octanol–water partition coefficient (Wildman–Crippen LogP) is 3.75. The molecule has 0 radical (unpaired) electrons. The summed E-state index contributed by atoms with van der Waals surface area (Å²) in [6.07, 6.45) is 0. The van der Waals surface area contributed by atoms with Gasteiger partial charge in [-0.3, -0.25) is 14.6 Å². The molecule has 0 atom stereocenters. The summed E-state index contributed by atoms with van der Waals surface area (Å²) in [6.45, 7) is 11.0. The van der Waals surface area contributed by atoms with Crippen molar-refractivity contribution in [1.82, 2.24) is 14.9 Å². The zero-order valence-corrected chi connectivity index (χ0v) is 19.1. The Morgan fingerprint density at radius 3 is 2.73 bits per heavy atom. The largest absolute Gasteiger partial charge is 0.494 e. The number of carbonyl (C=O) groups excluding carboxylic acids is 1. The number of carbonyl (C=O) groups is 1. The molecule has 1 aliphatic rings. The predicted molar refractivity (Wildman–Crippen MR) is 121 cm³/mol. The summed E-state index contributed by atoms with van der Waals surface area (Å²) in [5, 5.41) is 1.61. The highest BCUT2D eigenvalue weighted by atomic mass is 32.1. The molecule has 1 fully saturated rings. The molecule has 4 rings (SSSR count). The Kier molecular flexibility index (Phi) is 6.62. The van der Waals surface area contributed by atoms with Crippen LogP contribution in [0.15, 0.2) is 18.2 Å². The second-order valence-corrected chi connectivity index (χ2v) is 9.33. The van der Waals surface area contributed by atoms with Gasteiger partial charge in [-0.2, -0.15) is 0 Å². The van der Waals surface area contributed by atoms with E-state index >= 15 is 0 Å². The highest BCUT2D eigenvalue weighted by Crippen LogP contribution is 2.33. The lowest BCUT2D eigenvalue weighted by Crippen LogP contribution is -2.43. The number of ether oxygens (including phenoxy) is 2. The van der Waals surface area contributed by atoms with Crippen LogP contribution in [0.25, 0.3) is 10.2 Å². The molecule has 160 valence electrons. The Morgan fingerprint density at radius 1 is 1.23 bits per heavy atom. The van der Waals surface area contributed by atoms with Crippen LogP contribution in [-0.2, 0) is 4.74 Å². The lowest BCUT2D eigenvalue weighted by molar-refractivity contribution is 0.0391. The number of rotatable bonds is 7. The minimum absolute atomic E-state index is 0.0320. The minimum atomic E-state index is -0.0320. The monoisotopic (exact) mass is 446 g/mol. The van der Waals surface area contributed by atoms with Gasteiger partial charge in [0.15, 0.2) is 5.13 Å².